The first kappa shape index (κ1) is 20.3. The van der Waals surface area contributed by atoms with E-state index >= 15 is 0 Å². The molecule has 0 aromatic heterocycles. The van der Waals surface area contributed by atoms with Gasteiger partial charge in [0.15, 0.2) is 0 Å². The number of nitrogens with zero attached hydrogens (tertiary/aromatic N) is 1. The van der Waals surface area contributed by atoms with Crippen LogP contribution in [-0.4, -0.2) is 25.1 Å². The summed E-state index contributed by atoms with van der Waals surface area (Å²) >= 11 is 0. The lowest BCUT2D eigenvalue weighted by molar-refractivity contribution is -0.112. The molecule has 0 saturated carbocycles. The van der Waals surface area contributed by atoms with Crippen molar-refractivity contribution in [1.82, 2.24) is 0 Å². The molecule has 0 unspecified atom stereocenters. The molecule has 1 N–H and O–H groups in total. The fourth-order valence-electron chi connectivity index (χ4n) is 2.20. The molecule has 0 bridgehead atoms. The Kier molecular flexibility index (Phi) is 7.39. The normalized spacial score (nSPS) is 10.3. The highest BCUT2D eigenvalue weighted by atomic mass is 16.5. The largest absolute Gasteiger partial charge is 0.481 e. The quantitative estimate of drug-likeness (QED) is 0.347. The van der Waals surface area contributed by atoms with Crippen LogP contribution in [0.5, 0.6) is 5.75 Å². The van der Waals surface area contributed by atoms with E-state index in [0.29, 0.717) is 22.6 Å². The fourth-order valence-corrected chi connectivity index (χ4v) is 2.20. The molecule has 0 aliphatic carbocycles. The van der Waals surface area contributed by atoms with E-state index in [1.165, 1.54) is 18.2 Å². The molecule has 6 nitrogen and oxygen atoms in total. The summed E-state index contributed by atoms with van der Waals surface area (Å²) in [5.74, 6) is 1.97. The van der Waals surface area contributed by atoms with Crippen molar-refractivity contribution in [3.05, 3.63) is 65.2 Å². The van der Waals surface area contributed by atoms with Gasteiger partial charge >= 0.3 is 5.97 Å². The molecular formula is C22H18N2O4. The minimum Gasteiger partial charge on any atom is -0.481 e. The van der Waals surface area contributed by atoms with Crippen LogP contribution in [-0.2, 0) is 9.53 Å². The average Bonchev–Trinajstić information content (AvgIpc) is 2.72. The molecule has 0 atom stereocenters. The Balaban J connectivity index is 2.07. The number of benzene rings is 2. The first-order valence-electron chi connectivity index (χ1n) is 8.44. The molecule has 0 fully saturated rings. The van der Waals surface area contributed by atoms with E-state index in [1.807, 2.05) is 6.07 Å². The molecule has 0 saturated heterocycles. The number of ether oxygens (including phenoxy) is 2. The summed E-state index contributed by atoms with van der Waals surface area (Å²) in [5, 5.41) is 11.9. The van der Waals surface area contributed by atoms with Crippen LogP contribution < -0.4 is 10.1 Å². The minimum absolute atomic E-state index is 0.0632. The van der Waals surface area contributed by atoms with Crippen LogP contribution in [0.4, 0.5) is 5.69 Å². The van der Waals surface area contributed by atoms with Gasteiger partial charge in [-0.25, -0.2) is 4.79 Å². The van der Waals surface area contributed by atoms with Gasteiger partial charge < -0.3 is 14.8 Å². The van der Waals surface area contributed by atoms with Gasteiger partial charge in [-0.15, -0.1) is 6.42 Å². The molecule has 2 aromatic rings. The van der Waals surface area contributed by atoms with E-state index < -0.39 is 11.9 Å². The molecule has 2 aromatic carbocycles. The molecule has 0 aliphatic heterocycles. The van der Waals surface area contributed by atoms with Crippen molar-refractivity contribution in [3.8, 4) is 24.2 Å². The third-order valence-electron chi connectivity index (χ3n) is 3.53. The lowest BCUT2D eigenvalue weighted by Gasteiger charge is -2.06. The van der Waals surface area contributed by atoms with Crippen LogP contribution in [0.25, 0.3) is 6.08 Å². The number of terminal acetylenes is 1. The van der Waals surface area contributed by atoms with Crippen LogP contribution in [0.15, 0.2) is 54.1 Å². The smallest absolute Gasteiger partial charge is 0.338 e. The monoisotopic (exact) mass is 374 g/mol. The van der Waals surface area contributed by atoms with Crippen molar-refractivity contribution in [1.29, 1.82) is 5.26 Å². The van der Waals surface area contributed by atoms with Crippen molar-refractivity contribution < 1.29 is 19.1 Å². The first-order valence-corrected chi connectivity index (χ1v) is 8.44. The number of carbonyl (C=O) groups excluding carboxylic acids is 2. The third kappa shape index (κ3) is 5.76. The molecule has 2 rings (SSSR count). The van der Waals surface area contributed by atoms with Crippen LogP contribution in [0, 0.1) is 23.7 Å². The maximum absolute atomic E-state index is 12.3. The number of hydrogen-bond donors (Lipinski definition) is 1. The molecule has 0 radical (unpaired) electrons. The SMILES string of the molecule is C#CCOc1ccc(/C=C(\C#N)C(=O)Nc2ccc(C(=O)OCC)cc2)cc1. The summed E-state index contributed by atoms with van der Waals surface area (Å²) in [6.45, 7) is 2.17. The van der Waals surface area contributed by atoms with E-state index in [9.17, 15) is 14.9 Å². The second-order valence-electron chi connectivity index (χ2n) is 5.48. The van der Waals surface area contributed by atoms with Gasteiger partial charge in [-0.05, 0) is 55.0 Å². The topological polar surface area (TPSA) is 88.4 Å². The average molecular weight is 374 g/mol. The number of anilines is 1. The zero-order valence-electron chi connectivity index (χ0n) is 15.3. The van der Waals surface area contributed by atoms with Crippen molar-refractivity contribution in [2.45, 2.75) is 6.92 Å². The van der Waals surface area contributed by atoms with E-state index in [0.717, 1.165) is 0 Å². The van der Waals surface area contributed by atoms with E-state index in [2.05, 4.69) is 11.2 Å². The second-order valence-corrected chi connectivity index (χ2v) is 5.48. The Morgan fingerprint density at radius 3 is 2.39 bits per heavy atom. The predicted octanol–water partition coefficient (Wildman–Crippen LogP) is 3.42. The Morgan fingerprint density at radius 1 is 1.14 bits per heavy atom. The molecule has 140 valence electrons. The van der Waals surface area contributed by atoms with Crippen molar-refractivity contribution >= 4 is 23.6 Å². The van der Waals surface area contributed by atoms with Gasteiger partial charge in [0, 0.05) is 5.69 Å². The summed E-state index contributed by atoms with van der Waals surface area (Å²) in [6.07, 6.45) is 6.60. The summed E-state index contributed by atoms with van der Waals surface area (Å²) in [5.41, 5.74) is 1.43. The molecule has 0 heterocycles. The Labute approximate surface area is 163 Å². The predicted molar refractivity (Wildman–Crippen MR) is 105 cm³/mol. The molecule has 0 spiro atoms. The van der Waals surface area contributed by atoms with Crippen molar-refractivity contribution in [2.75, 3.05) is 18.5 Å². The second kappa shape index (κ2) is 10.2. The summed E-state index contributed by atoms with van der Waals surface area (Å²) < 4.78 is 10.2. The lowest BCUT2D eigenvalue weighted by Crippen LogP contribution is -2.13. The van der Waals surface area contributed by atoms with Crippen molar-refractivity contribution in [2.24, 2.45) is 0 Å². The first-order chi connectivity index (χ1) is 13.6. The van der Waals surface area contributed by atoms with E-state index in [4.69, 9.17) is 15.9 Å². The van der Waals surface area contributed by atoms with Crippen LogP contribution in [0.3, 0.4) is 0 Å². The zero-order chi connectivity index (χ0) is 20.4. The number of nitrogens with one attached hydrogen (secondary N) is 1. The van der Waals surface area contributed by atoms with Gasteiger partial charge in [0.2, 0.25) is 0 Å². The van der Waals surface area contributed by atoms with Crippen molar-refractivity contribution in [3.63, 3.8) is 0 Å². The Bertz CT molecular complexity index is 946. The van der Waals surface area contributed by atoms with Gasteiger partial charge in [-0.2, -0.15) is 5.26 Å². The fraction of sp³-hybridized carbons (Fsp3) is 0.136. The third-order valence-corrected chi connectivity index (χ3v) is 3.53. The standard InChI is InChI=1S/C22H18N2O4/c1-3-13-28-20-11-5-16(6-12-20)14-18(15-23)21(25)24-19-9-7-17(8-10-19)22(26)27-4-2/h1,5-12,14H,4,13H2,2H3,(H,24,25)/b18-14+. The van der Waals surface area contributed by atoms with Gasteiger partial charge in [-0.1, -0.05) is 18.1 Å². The van der Waals surface area contributed by atoms with Gasteiger partial charge in [-0.3, -0.25) is 4.79 Å². The number of nitriles is 1. The van der Waals surface area contributed by atoms with E-state index in [1.54, 1.807) is 43.3 Å². The highest BCUT2D eigenvalue weighted by molar-refractivity contribution is 6.09. The van der Waals surface area contributed by atoms with Gasteiger partial charge in [0.05, 0.1) is 12.2 Å². The maximum Gasteiger partial charge on any atom is 0.338 e. The molecule has 6 heteroatoms. The van der Waals surface area contributed by atoms with Crippen LogP contribution in [0.2, 0.25) is 0 Å². The highest BCUT2D eigenvalue weighted by Gasteiger charge is 2.11. The number of carbonyl (C=O) groups is 2. The molecule has 1 amide bonds. The molecular weight excluding hydrogens is 356 g/mol. The molecule has 0 aliphatic rings. The zero-order valence-corrected chi connectivity index (χ0v) is 15.3. The Morgan fingerprint density at radius 2 is 1.82 bits per heavy atom. The maximum atomic E-state index is 12.3. The number of rotatable bonds is 7. The summed E-state index contributed by atoms with van der Waals surface area (Å²) in [7, 11) is 0. The van der Waals surface area contributed by atoms with Gasteiger partial charge in [0.1, 0.15) is 24.0 Å². The van der Waals surface area contributed by atoms with Crippen LogP contribution in [0.1, 0.15) is 22.8 Å². The minimum atomic E-state index is -0.556. The number of hydrogen-bond acceptors (Lipinski definition) is 5. The van der Waals surface area contributed by atoms with Gasteiger partial charge in [0.25, 0.3) is 5.91 Å². The summed E-state index contributed by atoms with van der Waals surface area (Å²) in [6, 6.07) is 14.9. The Hall–Kier alpha value is -4.03. The number of esters is 1. The molecule has 28 heavy (non-hydrogen) atoms. The lowest BCUT2D eigenvalue weighted by atomic mass is 10.1. The number of amides is 1. The van der Waals surface area contributed by atoms with E-state index in [-0.39, 0.29) is 18.8 Å². The summed E-state index contributed by atoms with van der Waals surface area (Å²) in [4.78, 5) is 24.0. The highest BCUT2D eigenvalue weighted by Crippen LogP contribution is 2.16. The van der Waals surface area contributed by atoms with Crippen LogP contribution >= 0.6 is 0 Å².